The minimum Gasteiger partial charge on any atom is -0.480 e. The Morgan fingerprint density at radius 3 is 2.48 bits per heavy atom. The second-order valence-corrected chi connectivity index (χ2v) is 10.2. The lowest BCUT2D eigenvalue weighted by atomic mass is 9.98. The molecule has 0 spiro atoms. The first kappa shape index (κ1) is 24.1. The average Bonchev–Trinajstić information content (AvgIpc) is 3.41. The number of aromatic nitrogens is 1. The summed E-state index contributed by atoms with van der Waals surface area (Å²) < 4.78 is 53.7. The molecular formula is C21H16Cl2F4N2O3S. The summed E-state index contributed by atoms with van der Waals surface area (Å²) in [6.07, 6.45) is -2.73. The van der Waals surface area contributed by atoms with E-state index in [1.54, 1.807) is 0 Å². The third-order valence-corrected chi connectivity index (χ3v) is 7.70. The van der Waals surface area contributed by atoms with E-state index in [9.17, 15) is 32.3 Å². The lowest BCUT2D eigenvalue weighted by Gasteiger charge is -2.26. The van der Waals surface area contributed by atoms with Crippen LogP contribution < -0.4 is 0 Å². The Morgan fingerprint density at radius 2 is 1.91 bits per heavy atom. The summed E-state index contributed by atoms with van der Waals surface area (Å²) in [5, 5.41) is 9.33. The molecule has 12 heteroatoms. The van der Waals surface area contributed by atoms with E-state index in [2.05, 4.69) is 4.98 Å². The maximum Gasteiger partial charge on any atom is 0.416 e. The number of nitrogens with zero attached hydrogens (tertiary/aromatic N) is 2. The number of rotatable bonds is 5. The molecular weight excluding hydrogens is 507 g/mol. The van der Waals surface area contributed by atoms with E-state index < -0.39 is 46.1 Å². The van der Waals surface area contributed by atoms with Crippen molar-refractivity contribution < 1.29 is 32.3 Å². The van der Waals surface area contributed by atoms with Crippen LogP contribution >= 0.6 is 35.0 Å². The van der Waals surface area contributed by atoms with Gasteiger partial charge in [0, 0.05) is 22.9 Å². The summed E-state index contributed by atoms with van der Waals surface area (Å²) in [6.45, 7) is -0.0377. The second-order valence-electron chi connectivity index (χ2n) is 8.00. The predicted molar refractivity (Wildman–Crippen MR) is 114 cm³/mol. The summed E-state index contributed by atoms with van der Waals surface area (Å²) in [4.78, 5) is 30.5. The maximum absolute atomic E-state index is 14.5. The number of pyridine rings is 1. The molecule has 2 atom stereocenters. The van der Waals surface area contributed by atoms with Gasteiger partial charge in [0.2, 0.25) is 5.91 Å². The van der Waals surface area contributed by atoms with Crippen LogP contribution in [0.5, 0.6) is 0 Å². The zero-order chi connectivity index (χ0) is 24.1. The Bertz CT molecular complexity index is 1130. The zero-order valence-corrected chi connectivity index (χ0v) is 19.0. The van der Waals surface area contributed by atoms with Gasteiger partial charge in [-0.05, 0) is 43.5 Å². The molecule has 2 heterocycles. The number of likely N-dealkylation sites (tertiary alicyclic amines) is 1. The predicted octanol–water partition coefficient (Wildman–Crippen LogP) is 5.42. The molecule has 1 saturated heterocycles. The van der Waals surface area contributed by atoms with Gasteiger partial charge in [-0.2, -0.15) is 13.2 Å². The number of amides is 1. The highest BCUT2D eigenvalue weighted by molar-refractivity contribution is 8.00. The molecule has 5 nitrogen and oxygen atoms in total. The maximum atomic E-state index is 14.5. The number of halogens is 6. The number of thioether (sulfide) groups is 1. The van der Waals surface area contributed by atoms with E-state index in [4.69, 9.17) is 23.2 Å². The third-order valence-electron chi connectivity index (χ3n) is 5.78. The van der Waals surface area contributed by atoms with Gasteiger partial charge in [0.25, 0.3) is 0 Å². The number of carboxylic acid groups (broad SMARTS) is 1. The van der Waals surface area contributed by atoms with E-state index in [-0.39, 0.29) is 33.6 Å². The number of hydrogen-bond acceptors (Lipinski definition) is 4. The molecule has 0 radical (unpaired) electrons. The van der Waals surface area contributed by atoms with E-state index >= 15 is 0 Å². The first-order valence-electron chi connectivity index (χ1n) is 9.81. The number of carboxylic acids is 1. The Hall–Kier alpha value is -2.04. The van der Waals surface area contributed by atoms with Crippen LogP contribution in [0.4, 0.5) is 17.6 Å². The van der Waals surface area contributed by atoms with Gasteiger partial charge in [-0.15, -0.1) is 11.8 Å². The van der Waals surface area contributed by atoms with Crippen LogP contribution in [0.1, 0.15) is 30.5 Å². The van der Waals surface area contributed by atoms with E-state index in [0.29, 0.717) is 12.8 Å². The van der Waals surface area contributed by atoms with Crippen LogP contribution in [0.2, 0.25) is 10.0 Å². The molecule has 2 aliphatic rings. The minimum absolute atomic E-state index is 0.00488. The van der Waals surface area contributed by atoms with Gasteiger partial charge in [-0.1, -0.05) is 23.2 Å². The van der Waals surface area contributed by atoms with Crippen molar-refractivity contribution in [3.63, 3.8) is 0 Å². The number of aliphatic carboxylic acids is 1. The molecule has 1 aromatic carbocycles. The van der Waals surface area contributed by atoms with Gasteiger partial charge in [-0.25, -0.2) is 9.18 Å². The summed E-state index contributed by atoms with van der Waals surface area (Å²) in [5.74, 6) is -2.56. The van der Waals surface area contributed by atoms with Gasteiger partial charge in [0.1, 0.15) is 11.9 Å². The number of benzene rings is 1. The Kier molecular flexibility index (Phi) is 6.30. The fourth-order valence-corrected chi connectivity index (χ4v) is 5.65. The van der Waals surface area contributed by atoms with Crippen LogP contribution in [0.15, 0.2) is 35.4 Å². The van der Waals surface area contributed by atoms with E-state index in [1.165, 1.54) is 6.20 Å². The van der Waals surface area contributed by atoms with Gasteiger partial charge in [-0.3, -0.25) is 9.78 Å². The quantitative estimate of drug-likeness (QED) is 0.530. The number of carbonyl (C=O) groups excluding carboxylic acids is 1. The molecule has 1 saturated carbocycles. The highest BCUT2D eigenvalue weighted by Crippen LogP contribution is 2.51. The largest absolute Gasteiger partial charge is 0.480 e. The summed E-state index contributed by atoms with van der Waals surface area (Å²) in [6, 6.07) is 2.74. The average molecular weight is 523 g/mol. The lowest BCUT2D eigenvalue weighted by molar-refractivity contribution is -0.149. The number of hydrogen-bond donors (Lipinski definition) is 1. The monoisotopic (exact) mass is 522 g/mol. The SMILES string of the molecule is O=C(O)[C@@H]1C[C@@H](Sc2cc(C(F)(F)F)ccc2Cl)CN1C(=O)C1(c2ncc(Cl)cc2F)CC1. The normalized spacial score (nSPS) is 21.8. The van der Waals surface area contributed by atoms with Gasteiger partial charge in [0.05, 0.1) is 26.7 Å². The second kappa shape index (κ2) is 8.63. The first-order valence-corrected chi connectivity index (χ1v) is 11.4. The molecule has 33 heavy (non-hydrogen) atoms. The van der Waals surface area contributed by atoms with Crippen LogP contribution in [0, 0.1) is 5.82 Å². The Morgan fingerprint density at radius 1 is 1.21 bits per heavy atom. The van der Waals surface area contributed by atoms with Crippen LogP contribution in [0.25, 0.3) is 0 Å². The van der Waals surface area contributed by atoms with Crippen molar-refractivity contribution in [3.8, 4) is 0 Å². The van der Waals surface area contributed by atoms with Gasteiger partial charge < -0.3 is 10.0 Å². The van der Waals surface area contributed by atoms with Crippen molar-refractivity contribution in [2.24, 2.45) is 0 Å². The molecule has 0 unspecified atom stereocenters. The molecule has 2 aromatic rings. The fraction of sp³-hybridized carbons (Fsp3) is 0.381. The molecule has 4 rings (SSSR count). The van der Waals surface area contributed by atoms with E-state index in [0.717, 1.165) is 40.9 Å². The molecule has 0 bridgehead atoms. The van der Waals surface area contributed by atoms with Crippen molar-refractivity contribution in [1.29, 1.82) is 0 Å². The smallest absolute Gasteiger partial charge is 0.416 e. The van der Waals surface area contributed by atoms with Crippen molar-refractivity contribution in [2.75, 3.05) is 6.54 Å². The van der Waals surface area contributed by atoms with Crippen molar-refractivity contribution >= 4 is 46.8 Å². The zero-order valence-electron chi connectivity index (χ0n) is 16.7. The van der Waals surface area contributed by atoms with Crippen molar-refractivity contribution in [2.45, 2.75) is 47.0 Å². The highest BCUT2D eigenvalue weighted by Gasteiger charge is 2.58. The number of carbonyl (C=O) groups is 2. The van der Waals surface area contributed by atoms with E-state index in [1.807, 2.05) is 0 Å². The summed E-state index contributed by atoms with van der Waals surface area (Å²) in [5.41, 5.74) is -2.23. The topological polar surface area (TPSA) is 70.5 Å². The third kappa shape index (κ3) is 4.65. The van der Waals surface area contributed by atoms with Crippen LogP contribution in [-0.2, 0) is 21.2 Å². The van der Waals surface area contributed by atoms with Crippen LogP contribution in [0.3, 0.4) is 0 Å². The molecule has 1 aliphatic heterocycles. The van der Waals surface area contributed by atoms with Gasteiger partial charge >= 0.3 is 12.1 Å². The Labute approximate surface area is 200 Å². The molecule has 1 aliphatic carbocycles. The molecule has 1 aromatic heterocycles. The first-order chi connectivity index (χ1) is 15.4. The summed E-state index contributed by atoms with van der Waals surface area (Å²) in [7, 11) is 0. The standard InChI is InChI=1S/C21H16Cl2F4N2O3S/c22-11-6-14(24)17(28-8-11)20(3-4-20)19(32)29-9-12(7-15(29)18(30)31)33-16-5-10(21(25,26)27)1-2-13(16)23/h1-2,5-6,8,12,15H,3-4,7,9H2,(H,30,31)/t12-,15+/m1/s1. The Balaban J connectivity index is 1.58. The van der Waals surface area contributed by atoms with Crippen LogP contribution in [-0.4, -0.2) is 44.7 Å². The summed E-state index contributed by atoms with van der Waals surface area (Å²) >= 11 is 12.8. The fourth-order valence-electron chi connectivity index (χ4n) is 4.01. The van der Waals surface area contributed by atoms with Crippen molar-refractivity contribution in [1.82, 2.24) is 9.88 Å². The molecule has 176 valence electrons. The van der Waals surface area contributed by atoms with Gasteiger partial charge in [0.15, 0.2) is 0 Å². The molecule has 1 amide bonds. The molecule has 1 N–H and O–H groups in total. The highest BCUT2D eigenvalue weighted by atomic mass is 35.5. The van der Waals surface area contributed by atoms with Crippen molar-refractivity contribution in [3.05, 3.63) is 57.6 Å². The lowest BCUT2D eigenvalue weighted by Crippen LogP contribution is -2.46. The number of alkyl halides is 3. The molecule has 2 fully saturated rings. The minimum atomic E-state index is -4.56.